The van der Waals surface area contributed by atoms with E-state index in [9.17, 15) is 19.5 Å². The SMILES string of the molecule is Cc1ccc(NC(=O)CN2CCN(c3ccc(NC(=O)C4CCC4)c(C(=O)O)c3)CC2)cc1. The highest BCUT2D eigenvalue weighted by Gasteiger charge is 2.27. The van der Waals surface area contributed by atoms with Crippen LogP contribution in [0.3, 0.4) is 0 Å². The van der Waals surface area contributed by atoms with Crippen LogP contribution in [-0.4, -0.2) is 60.5 Å². The highest BCUT2D eigenvalue weighted by Crippen LogP contribution is 2.30. The van der Waals surface area contributed by atoms with Gasteiger partial charge in [0.1, 0.15) is 0 Å². The molecular formula is C25H30N4O4. The number of benzene rings is 2. The third-order valence-electron chi connectivity index (χ3n) is 6.41. The van der Waals surface area contributed by atoms with Gasteiger partial charge in [0.05, 0.1) is 17.8 Å². The van der Waals surface area contributed by atoms with E-state index in [1.165, 1.54) is 0 Å². The summed E-state index contributed by atoms with van der Waals surface area (Å²) in [6.45, 7) is 5.08. The highest BCUT2D eigenvalue weighted by atomic mass is 16.4. The number of piperazine rings is 1. The number of carboxylic acids is 1. The van der Waals surface area contributed by atoms with Gasteiger partial charge in [-0.1, -0.05) is 24.1 Å². The molecule has 2 aromatic carbocycles. The molecule has 8 nitrogen and oxygen atoms in total. The largest absolute Gasteiger partial charge is 0.478 e. The summed E-state index contributed by atoms with van der Waals surface area (Å²) < 4.78 is 0. The molecule has 4 rings (SSSR count). The number of amides is 2. The summed E-state index contributed by atoms with van der Waals surface area (Å²) in [7, 11) is 0. The lowest BCUT2D eigenvalue weighted by Gasteiger charge is -2.36. The normalized spacial score (nSPS) is 16.7. The van der Waals surface area contributed by atoms with Crippen LogP contribution in [0, 0.1) is 12.8 Å². The summed E-state index contributed by atoms with van der Waals surface area (Å²) >= 11 is 0. The van der Waals surface area contributed by atoms with E-state index in [-0.39, 0.29) is 23.3 Å². The molecule has 2 amide bonds. The van der Waals surface area contributed by atoms with Gasteiger partial charge in [-0.05, 0) is 50.1 Å². The molecule has 2 aromatic rings. The fourth-order valence-corrected chi connectivity index (χ4v) is 4.12. The average molecular weight is 451 g/mol. The Balaban J connectivity index is 1.32. The smallest absolute Gasteiger partial charge is 0.337 e. The Morgan fingerprint density at radius 1 is 0.970 bits per heavy atom. The lowest BCUT2D eigenvalue weighted by atomic mass is 9.85. The van der Waals surface area contributed by atoms with Crippen molar-refractivity contribution in [2.24, 2.45) is 5.92 Å². The van der Waals surface area contributed by atoms with Crippen molar-refractivity contribution in [2.75, 3.05) is 48.3 Å². The summed E-state index contributed by atoms with van der Waals surface area (Å²) in [4.78, 5) is 40.6. The number of hydrogen-bond donors (Lipinski definition) is 3. The van der Waals surface area contributed by atoms with Crippen LogP contribution >= 0.6 is 0 Å². The van der Waals surface area contributed by atoms with Crippen molar-refractivity contribution in [2.45, 2.75) is 26.2 Å². The van der Waals surface area contributed by atoms with Crippen molar-refractivity contribution >= 4 is 34.8 Å². The maximum Gasteiger partial charge on any atom is 0.337 e. The molecule has 33 heavy (non-hydrogen) atoms. The van der Waals surface area contributed by atoms with Crippen LogP contribution in [0.2, 0.25) is 0 Å². The number of aryl methyl sites for hydroxylation is 1. The molecule has 2 aliphatic rings. The number of anilines is 3. The fourth-order valence-electron chi connectivity index (χ4n) is 4.12. The van der Waals surface area contributed by atoms with E-state index in [2.05, 4.69) is 20.4 Å². The number of nitrogens with zero attached hydrogens (tertiary/aromatic N) is 2. The second kappa shape index (κ2) is 10.0. The summed E-state index contributed by atoms with van der Waals surface area (Å²) in [6, 6.07) is 12.9. The fraction of sp³-hybridized carbons (Fsp3) is 0.400. The van der Waals surface area contributed by atoms with E-state index in [0.717, 1.165) is 36.2 Å². The molecule has 174 valence electrons. The van der Waals surface area contributed by atoms with Crippen molar-refractivity contribution in [3.8, 4) is 0 Å². The Labute approximate surface area is 193 Å². The quantitative estimate of drug-likeness (QED) is 0.599. The Morgan fingerprint density at radius 2 is 1.67 bits per heavy atom. The number of hydrogen-bond acceptors (Lipinski definition) is 5. The molecular weight excluding hydrogens is 420 g/mol. The topological polar surface area (TPSA) is 102 Å². The monoisotopic (exact) mass is 450 g/mol. The van der Waals surface area contributed by atoms with Gasteiger partial charge in [0.15, 0.2) is 0 Å². The Hall–Kier alpha value is -3.39. The van der Waals surface area contributed by atoms with Crippen molar-refractivity contribution in [3.05, 3.63) is 53.6 Å². The third-order valence-corrected chi connectivity index (χ3v) is 6.41. The Morgan fingerprint density at radius 3 is 2.27 bits per heavy atom. The summed E-state index contributed by atoms with van der Waals surface area (Å²) in [5.41, 5.74) is 3.17. The summed E-state index contributed by atoms with van der Waals surface area (Å²) in [5.74, 6) is -1.23. The number of rotatable bonds is 7. The molecule has 3 N–H and O–H groups in total. The van der Waals surface area contributed by atoms with Crippen LogP contribution in [0.5, 0.6) is 0 Å². The molecule has 0 atom stereocenters. The number of aromatic carboxylic acids is 1. The molecule has 0 radical (unpaired) electrons. The van der Waals surface area contributed by atoms with E-state index in [0.29, 0.717) is 38.4 Å². The first-order chi connectivity index (χ1) is 15.9. The van der Waals surface area contributed by atoms with Crippen molar-refractivity contribution in [3.63, 3.8) is 0 Å². The predicted octanol–water partition coefficient (Wildman–Crippen LogP) is 3.19. The zero-order valence-corrected chi connectivity index (χ0v) is 18.8. The molecule has 1 saturated heterocycles. The maximum absolute atomic E-state index is 12.4. The van der Waals surface area contributed by atoms with Gasteiger partial charge >= 0.3 is 5.97 Å². The minimum atomic E-state index is -1.06. The van der Waals surface area contributed by atoms with Crippen molar-refractivity contribution in [1.82, 2.24) is 4.90 Å². The predicted molar refractivity (Wildman–Crippen MR) is 128 cm³/mol. The molecule has 0 bridgehead atoms. The van der Waals surface area contributed by atoms with Crippen LogP contribution in [0.4, 0.5) is 17.1 Å². The number of nitrogens with one attached hydrogen (secondary N) is 2. The molecule has 1 saturated carbocycles. The van der Waals surface area contributed by atoms with Gasteiger partial charge in [0, 0.05) is 43.5 Å². The third kappa shape index (κ3) is 5.70. The van der Waals surface area contributed by atoms with Gasteiger partial charge in [-0.25, -0.2) is 4.79 Å². The minimum Gasteiger partial charge on any atom is -0.478 e. The lowest BCUT2D eigenvalue weighted by molar-refractivity contribution is -0.122. The molecule has 8 heteroatoms. The first-order valence-electron chi connectivity index (χ1n) is 11.4. The van der Waals surface area contributed by atoms with Crippen LogP contribution in [0.1, 0.15) is 35.2 Å². The van der Waals surface area contributed by atoms with Crippen LogP contribution in [0.15, 0.2) is 42.5 Å². The van der Waals surface area contributed by atoms with Gasteiger partial charge in [-0.15, -0.1) is 0 Å². The van der Waals surface area contributed by atoms with Crippen LogP contribution in [-0.2, 0) is 9.59 Å². The van der Waals surface area contributed by atoms with Gasteiger partial charge in [0.2, 0.25) is 11.8 Å². The summed E-state index contributed by atoms with van der Waals surface area (Å²) in [6.07, 6.45) is 2.77. The van der Waals surface area contributed by atoms with E-state index in [4.69, 9.17) is 0 Å². The number of carbonyl (C=O) groups is 3. The molecule has 0 spiro atoms. The van der Waals surface area contributed by atoms with Crippen LogP contribution < -0.4 is 15.5 Å². The first-order valence-corrected chi connectivity index (χ1v) is 11.4. The first kappa shape index (κ1) is 22.8. The standard InChI is InChI=1S/C25H30N4O4/c1-17-5-7-19(8-6-17)26-23(30)16-28-11-13-29(14-12-28)20-9-10-22(21(15-20)25(32)33)27-24(31)18-3-2-4-18/h5-10,15,18H,2-4,11-14,16H2,1H3,(H,26,30)(H,27,31)(H,32,33). The van der Waals surface area contributed by atoms with E-state index < -0.39 is 5.97 Å². The highest BCUT2D eigenvalue weighted by molar-refractivity contribution is 6.02. The average Bonchev–Trinajstić information content (AvgIpc) is 2.75. The molecule has 1 aliphatic heterocycles. The van der Waals surface area contributed by atoms with Crippen LogP contribution in [0.25, 0.3) is 0 Å². The molecule has 2 fully saturated rings. The van der Waals surface area contributed by atoms with Crippen molar-refractivity contribution in [1.29, 1.82) is 0 Å². The second-order valence-electron chi connectivity index (χ2n) is 8.83. The number of carbonyl (C=O) groups excluding carboxylic acids is 2. The zero-order valence-electron chi connectivity index (χ0n) is 18.8. The second-order valence-corrected chi connectivity index (χ2v) is 8.83. The van der Waals surface area contributed by atoms with Gasteiger partial charge in [-0.2, -0.15) is 0 Å². The van der Waals surface area contributed by atoms with Gasteiger partial charge < -0.3 is 20.6 Å². The number of carboxylic acid groups (broad SMARTS) is 1. The Bertz CT molecular complexity index is 1030. The van der Waals surface area contributed by atoms with E-state index in [1.807, 2.05) is 37.3 Å². The van der Waals surface area contributed by atoms with Gasteiger partial charge in [0.25, 0.3) is 0 Å². The zero-order chi connectivity index (χ0) is 23.4. The molecule has 0 unspecified atom stereocenters. The minimum absolute atomic E-state index is 0.0115. The summed E-state index contributed by atoms with van der Waals surface area (Å²) in [5, 5.41) is 15.4. The van der Waals surface area contributed by atoms with Crippen molar-refractivity contribution < 1.29 is 19.5 Å². The Kier molecular flexibility index (Phi) is 6.93. The molecule has 1 aliphatic carbocycles. The molecule has 1 heterocycles. The molecule has 0 aromatic heterocycles. The van der Waals surface area contributed by atoms with E-state index >= 15 is 0 Å². The lowest BCUT2D eigenvalue weighted by Crippen LogP contribution is -2.48. The maximum atomic E-state index is 12.4. The van der Waals surface area contributed by atoms with E-state index in [1.54, 1.807) is 12.1 Å². The van der Waals surface area contributed by atoms with Gasteiger partial charge in [-0.3, -0.25) is 14.5 Å².